The minimum Gasteiger partial charge on any atom is -0.391 e. The third kappa shape index (κ3) is 2.67. The first-order valence-corrected chi connectivity index (χ1v) is 7.13. The first-order valence-electron chi connectivity index (χ1n) is 7.13. The van der Waals surface area contributed by atoms with Gasteiger partial charge in [0.15, 0.2) is 5.69 Å². The van der Waals surface area contributed by atoms with Crippen LogP contribution >= 0.6 is 0 Å². The Hall–Kier alpha value is -2.21. The molecule has 0 aliphatic heterocycles. The molecule has 1 aliphatic carbocycles. The van der Waals surface area contributed by atoms with Crippen LogP contribution in [-0.4, -0.2) is 33.4 Å². The number of aliphatic hydroxyl groups excluding tert-OH is 1. The lowest BCUT2D eigenvalue weighted by atomic mass is 9.92. The minimum atomic E-state index is -0.517. The van der Waals surface area contributed by atoms with Crippen LogP contribution in [0, 0.1) is 0 Å². The molecule has 21 heavy (non-hydrogen) atoms. The van der Waals surface area contributed by atoms with Crippen molar-refractivity contribution >= 4 is 16.7 Å². The van der Waals surface area contributed by atoms with Gasteiger partial charge in [-0.1, -0.05) is 31.0 Å². The number of fused-ring (bicyclic) bond motifs is 1. The zero-order valence-corrected chi connectivity index (χ0v) is 11.5. The number of nitrogens with zero attached hydrogens (tertiary/aromatic N) is 1. The molecular weight excluding hydrogens is 270 g/mol. The summed E-state index contributed by atoms with van der Waals surface area (Å²) in [6.07, 6.45) is 2.91. The lowest BCUT2D eigenvalue weighted by Crippen LogP contribution is -2.45. The van der Waals surface area contributed by atoms with Crippen molar-refractivity contribution in [3.63, 3.8) is 0 Å². The lowest BCUT2D eigenvalue weighted by molar-refractivity contribution is 0.0714. The fourth-order valence-electron chi connectivity index (χ4n) is 2.80. The van der Waals surface area contributed by atoms with E-state index in [0.29, 0.717) is 17.2 Å². The smallest absolute Gasteiger partial charge is 0.272 e. The van der Waals surface area contributed by atoms with Gasteiger partial charge >= 0.3 is 0 Å². The second kappa shape index (κ2) is 5.65. The fraction of sp³-hybridized carbons (Fsp3) is 0.400. The van der Waals surface area contributed by atoms with E-state index in [1.54, 1.807) is 24.3 Å². The van der Waals surface area contributed by atoms with E-state index in [4.69, 9.17) is 0 Å². The van der Waals surface area contributed by atoms with Crippen LogP contribution in [0.5, 0.6) is 0 Å². The Kier molecular flexibility index (Phi) is 3.70. The standard InChI is InChI=1S/C15H17N3O3/c19-12-8-4-3-7-11(12)16-15(21)13-9-5-1-2-6-10(9)14(20)18-17-13/h1-2,5-6,11-12,19H,3-4,7-8H2,(H,16,21)(H,18,20)/t11-,12-/m0/s1. The first kappa shape index (κ1) is 13.8. The molecule has 110 valence electrons. The molecule has 1 aromatic carbocycles. The summed E-state index contributed by atoms with van der Waals surface area (Å²) in [5, 5.41) is 19.9. The molecule has 1 amide bonds. The van der Waals surface area contributed by atoms with E-state index in [-0.39, 0.29) is 23.2 Å². The summed E-state index contributed by atoms with van der Waals surface area (Å²) < 4.78 is 0. The molecule has 2 atom stereocenters. The summed E-state index contributed by atoms with van der Waals surface area (Å²) in [5.74, 6) is -0.367. The molecule has 0 bridgehead atoms. The van der Waals surface area contributed by atoms with Crippen LogP contribution in [-0.2, 0) is 0 Å². The quantitative estimate of drug-likeness (QED) is 0.766. The highest BCUT2D eigenvalue weighted by molar-refractivity contribution is 6.04. The predicted molar refractivity (Wildman–Crippen MR) is 78.1 cm³/mol. The third-order valence-corrected chi connectivity index (χ3v) is 3.96. The van der Waals surface area contributed by atoms with Crippen molar-refractivity contribution in [2.24, 2.45) is 0 Å². The summed E-state index contributed by atoms with van der Waals surface area (Å²) >= 11 is 0. The number of hydrogen-bond acceptors (Lipinski definition) is 4. The summed E-state index contributed by atoms with van der Waals surface area (Å²) in [6, 6.07) is 6.60. The molecule has 3 N–H and O–H groups in total. The summed E-state index contributed by atoms with van der Waals surface area (Å²) in [6.45, 7) is 0. The van der Waals surface area contributed by atoms with Crippen molar-refractivity contribution in [1.82, 2.24) is 15.5 Å². The van der Waals surface area contributed by atoms with Crippen molar-refractivity contribution in [2.45, 2.75) is 37.8 Å². The zero-order chi connectivity index (χ0) is 14.8. The van der Waals surface area contributed by atoms with Gasteiger partial charge in [0.05, 0.1) is 17.5 Å². The van der Waals surface area contributed by atoms with Gasteiger partial charge in [0, 0.05) is 5.39 Å². The number of benzene rings is 1. The summed E-state index contributed by atoms with van der Waals surface area (Å²) in [4.78, 5) is 24.1. The van der Waals surface area contributed by atoms with E-state index in [1.165, 1.54) is 0 Å². The molecule has 0 saturated heterocycles. The number of rotatable bonds is 2. The molecule has 0 radical (unpaired) electrons. The van der Waals surface area contributed by atoms with Gasteiger partial charge in [-0.2, -0.15) is 5.10 Å². The van der Waals surface area contributed by atoms with Crippen molar-refractivity contribution in [2.75, 3.05) is 0 Å². The van der Waals surface area contributed by atoms with Crippen LogP contribution < -0.4 is 10.9 Å². The fourth-order valence-corrected chi connectivity index (χ4v) is 2.80. The number of amides is 1. The van der Waals surface area contributed by atoms with Crippen LogP contribution in [0.15, 0.2) is 29.1 Å². The van der Waals surface area contributed by atoms with Crippen LogP contribution in [0.3, 0.4) is 0 Å². The van der Waals surface area contributed by atoms with Gasteiger partial charge in [-0.05, 0) is 18.9 Å². The Morgan fingerprint density at radius 1 is 1.24 bits per heavy atom. The number of aromatic nitrogens is 2. The highest BCUT2D eigenvalue weighted by atomic mass is 16.3. The van der Waals surface area contributed by atoms with Gasteiger partial charge in [0.25, 0.3) is 11.5 Å². The highest BCUT2D eigenvalue weighted by Gasteiger charge is 2.26. The van der Waals surface area contributed by atoms with Crippen molar-refractivity contribution in [3.05, 3.63) is 40.3 Å². The maximum Gasteiger partial charge on any atom is 0.272 e. The van der Waals surface area contributed by atoms with Crippen molar-refractivity contribution in [3.8, 4) is 0 Å². The SMILES string of the molecule is O=C(N[C@H]1CCCC[C@@H]1O)c1n[nH]c(=O)c2ccccc12. The molecule has 1 aromatic heterocycles. The molecule has 3 rings (SSSR count). The molecule has 2 aromatic rings. The number of H-pyrrole nitrogens is 1. The van der Waals surface area contributed by atoms with Gasteiger partial charge in [0.2, 0.25) is 0 Å². The van der Waals surface area contributed by atoms with Crippen LogP contribution in [0.4, 0.5) is 0 Å². The molecule has 1 aliphatic rings. The molecule has 1 saturated carbocycles. The monoisotopic (exact) mass is 287 g/mol. The van der Waals surface area contributed by atoms with E-state index >= 15 is 0 Å². The Balaban J connectivity index is 1.91. The zero-order valence-electron chi connectivity index (χ0n) is 11.5. The molecule has 6 nitrogen and oxygen atoms in total. The highest BCUT2D eigenvalue weighted by Crippen LogP contribution is 2.19. The average Bonchev–Trinajstić information content (AvgIpc) is 2.50. The van der Waals surface area contributed by atoms with E-state index < -0.39 is 6.10 Å². The average molecular weight is 287 g/mol. The number of aliphatic hydroxyl groups is 1. The second-order valence-corrected chi connectivity index (χ2v) is 5.38. The molecular formula is C15H17N3O3. The van der Waals surface area contributed by atoms with Gasteiger partial charge in [-0.15, -0.1) is 0 Å². The van der Waals surface area contributed by atoms with E-state index in [9.17, 15) is 14.7 Å². The first-order chi connectivity index (χ1) is 10.2. The van der Waals surface area contributed by atoms with Crippen LogP contribution in [0.2, 0.25) is 0 Å². The largest absolute Gasteiger partial charge is 0.391 e. The summed E-state index contributed by atoms with van der Waals surface area (Å²) in [7, 11) is 0. The van der Waals surface area contributed by atoms with Crippen LogP contribution in [0.1, 0.15) is 36.2 Å². The van der Waals surface area contributed by atoms with Crippen molar-refractivity contribution < 1.29 is 9.90 Å². The van der Waals surface area contributed by atoms with E-state index in [1.807, 2.05) is 0 Å². The van der Waals surface area contributed by atoms with E-state index in [2.05, 4.69) is 15.5 Å². The molecule has 0 unspecified atom stereocenters. The minimum absolute atomic E-state index is 0.183. The molecule has 0 spiro atoms. The third-order valence-electron chi connectivity index (χ3n) is 3.96. The Morgan fingerprint density at radius 2 is 1.95 bits per heavy atom. The van der Waals surface area contributed by atoms with Crippen molar-refractivity contribution in [1.29, 1.82) is 0 Å². The van der Waals surface area contributed by atoms with Gasteiger partial charge in [-0.3, -0.25) is 9.59 Å². The molecule has 1 heterocycles. The predicted octanol–water partition coefficient (Wildman–Crippen LogP) is 0.956. The van der Waals surface area contributed by atoms with Gasteiger partial charge in [-0.25, -0.2) is 5.10 Å². The Bertz CT molecular complexity index is 725. The number of carbonyl (C=O) groups is 1. The van der Waals surface area contributed by atoms with Gasteiger partial charge < -0.3 is 10.4 Å². The molecule has 1 fully saturated rings. The maximum absolute atomic E-state index is 12.4. The molecule has 6 heteroatoms. The topological polar surface area (TPSA) is 95.1 Å². The van der Waals surface area contributed by atoms with E-state index in [0.717, 1.165) is 19.3 Å². The summed E-state index contributed by atoms with van der Waals surface area (Å²) in [5.41, 5.74) is -0.136. The number of nitrogens with one attached hydrogen (secondary N) is 2. The number of aromatic amines is 1. The lowest BCUT2D eigenvalue weighted by Gasteiger charge is -2.28. The Morgan fingerprint density at radius 3 is 2.71 bits per heavy atom. The van der Waals surface area contributed by atoms with Crippen LogP contribution in [0.25, 0.3) is 10.8 Å². The maximum atomic E-state index is 12.4. The normalized spacial score (nSPS) is 22.1. The Labute approximate surface area is 121 Å². The second-order valence-electron chi connectivity index (χ2n) is 5.38. The number of hydrogen-bond donors (Lipinski definition) is 3. The van der Waals surface area contributed by atoms with Gasteiger partial charge in [0.1, 0.15) is 0 Å². The number of carbonyl (C=O) groups excluding carboxylic acids is 1.